The van der Waals surface area contributed by atoms with Gasteiger partial charge in [0.05, 0.1) is 0 Å². The Morgan fingerprint density at radius 1 is 1.12 bits per heavy atom. The van der Waals surface area contributed by atoms with Gasteiger partial charge in [0.25, 0.3) is 0 Å². The quantitative estimate of drug-likeness (QED) is 0.742. The summed E-state index contributed by atoms with van der Waals surface area (Å²) in [4.78, 5) is 9.08. The van der Waals surface area contributed by atoms with Crippen LogP contribution in [0.4, 0.5) is 11.6 Å². The summed E-state index contributed by atoms with van der Waals surface area (Å²) in [6.45, 7) is 7.10. The van der Waals surface area contributed by atoms with Crippen LogP contribution in [0.1, 0.15) is 31.7 Å². The fourth-order valence-corrected chi connectivity index (χ4v) is 1.56. The van der Waals surface area contributed by atoms with Crippen molar-refractivity contribution in [2.45, 2.75) is 33.6 Å². The molecule has 1 aromatic rings. The summed E-state index contributed by atoms with van der Waals surface area (Å²) in [6.07, 6.45) is 1.96. The molecule has 0 aliphatic carbocycles. The molecule has 1 aromatic heterocycles. The molecule has 5 heteroatoms. The number of nitrogens with zero attached hydrogens (tertiary/aromatic N) is 3. The van der Waals surface area contributed by atoms with Crippen molar-refractivity contribution in [3.05, 3.63) is 11.4 Å². The zero-order chi connectivity index (χ0) is 12.8. The van der Waals surface area contributed by atoms with Crippen LogP contribution in [-0.4, -0.2) is 35.6 Å². The van der Waals surface area contributed by atoms with Crippen molar-refractivity contribution in [3.63, 3.8) is 0 Å². The first-order valence-electron chi connectivity index (χ1n) is 6.13. The maximum absolute atomic E-state index is 4.54. The van der Waals surface area contributed by atoms with Gasteiger partial charge >= 0.3 is 0 Å². The summed E-state index contributed by atoms with van der Waals surface area (Å²) < 4.78 is 0. The van der Waals surface area contributed by atoms with Gasteiger partial charge in [-0.25, -0.2) is 15.0 Å². The molecule has 96 valence electrons. The average molecular weight is 237 g/mol. The van der Waals surface area contributed by atoms with E-state index in [9.17, 15) is 0 Å². The Labute approximate surface area is 104 Å². The zero-order valence-electron chi connectivity index (χ0n) is 11.5. The highest BCUT2D eigenvalue weighted by molar-refractivity contribution is 5.56. The van der Waals surface area contributed by atoms with Gasteiger partial charge in [-0.2, -0.15) is 0 Å². The summed E-state index contributed by atoms with van der Waals surface area (Å²) in [6, 6.07) is 0. The van der Waals surface area contributed by atoms with Gasteiger partial charge in [0.2, 0.25) is 0 Å². The minimum atomic E-state index is 0.866. The van der Waals surface area contributed by atoms with Crippen molar-refractivity contribution in [1.29, 1.82) is 0 Å². The molecule has 5 nitrogen and oxygen atoms in total. The fraction of sp³-hybridized carbons (Fsp3) is 0.667. The predicted molar refractivity (Wildman–Crippen MR) is 72.2 cm³/mol. The smallest absolute Gasteiger partial charge is 0.149 e. The van der Waals surface area contributed by atoms with Crippen LogP contribution >= 0.6 is 0 Å². The van der Waals surface area contributed by atoms with Crippen LogP contribution in [0.15, 0.2) is 0 Å². The molecule has 0 bridgehead atoms. The molecule has 0 atom stereocenters. The number of nitrogens with one attached hydrogen (secondary N) is 2. The molecule has 0 amide bonds. The second kappa shape index (κ2) is 6.39. The van der Waals surface area contributed by atoms with Crippen LogP contribution in [0.2, 0.25) is 0 Å². The summed E-state index contributed by atoms with van der Waals surface area (Å²) in [5, 5.41) is 5.17. The third-order valence-corrected chi connectivity index (χ3v) is 2.34. The molecule has 0 saturated heterocycles. The summed E-state index contributed by atoms with van der Waals surface area (Å²) >= 11 is 0. The number of anilines is 2. The Bertz CT molecular complexity index is 362. The molecule has 2 N–H and O–H groups in total. The SMILES string of the molecule is CCCc1nc(NCC)c(C)c(NN(C)C)n1. The molecule has 0 saturated carbocycles. The largest absolute Gasteiger partial charge is 0.370 e. The minimum Gasteiger partial charge on any atom is -0.370 e. The number of aryl methyl sites for hydroxylation is 1. The van der Waals surface area contributed by atoms with Crippen LogP contribution in [0.5, 0.6) is 0 Å². The van der Waals surface area contributed by atoms with E-state index in [0.717, 1.165) is 42.4 Å². The third kappa shape index (κ3) is 3.85. The fourth-order valence-electron chi connectivity index (χ4n) is 1.56. The van der Waals surface area contributed by atoms with Crippen molar-refractivity contribution >= 4 is 11.6 Å². The first-order valence-corrected chi connectivity index (χ1v) is 6.13. The van der Waals surface area contributed by atoms with E-state index < -0.39 is 0 Å². The number of aromatic nitrogens is 2. The van der Waals surface area contributed by atoms with Gasteiger partial charge in [-0.05, 0) is 20.3 Å². The number of hydrazine groups is 1. The summed E-state index contributed by atoms with van der Waals surface area (Å²) in [7, 11) is 3.90. The highest BCUT2D eigenvalue weighted by Crippen LogP contribution is 2.20. The van der Waals surface area contributed by atoms with E-state index in [-0.39, 0.29) is 0 Å². The lowest BCUT2D eigenvalue weighted by molar-refractivity contribution is 0.491. The predicted octanol–water partition coefficient (Wildman–Crippen LogP) is 2.06. The molecule has 0 fully saturated rings. The molecule has 0 aliphatic rings. The molecule has 1 rings (SSSR count). The van der Waals surface area contributed by atoms with Gasteiger partial charge in [-0.1, -0.05) is 6.92 Å². The van der Waals surface area contributed by atoms with Gasteiger partial charge in [0.15, 0.2) is 0 Å². The number of hydrogen-bond donors (Lipinski definition) is 2. The van der Waals surface area contributed by atoms with Gasteiger partial charge in [0, 0.05) is 32.6 Å². The van der Waals surface area contributed by atoms with Crippen molar-refractivity contribution in [2.24, 2.45) is 0 Å². The van der Waals surface area contributed by atoms with E-state index in [1.807, 2.05) is 26.0 Å². The van der Waals surface area contributed by atoms with Crippen LogP contribution < -0.4 is 10.7 Å². The lowest BCUT2D eigenvalue weighted by Crippen LogP contribution is -2.22. The Balaban J connectivity index is 3.07. The first kappa shape index (κ1) is 13.7. The standard InChI is InChI=1S/C12H23N5/c1-6-8-10-14-11(13-7-2)9(3)12(15-10)16-17(4)5/h6-8H2,1-5H3,(H2,13,14,15,16). The van der Waals surface area contributed by atoms with E-state index in [2.05, 4.69) is 34.6 Å². The molecule has 1 heterocycles. The topological polar surface area (TPSA) is 53.1 Å². The lowest BCUT2D eigenvalue weighted by atomic mass is 10.2. The Morgan fingerprint density at radius 2 is 1.76 bits per heavy atom. The van der Waals surface area contributed by atoms with E-state index in [1.165, 1.54) is 0 Å². The van der Waals surface area contributed by atoms with E-state index in [0.29, 0.717) is 0 Å². The maximum atomic E-state index is 4.54. The highest BCUT2D eigenvalue weighted by Gasteiger charge is 2.10. The monoisotopic (exact) mass is 237 g/mol. The van der Waals surface area contributed by atoms with Crippen molar-refractivity contribution in [2.75, 3.05) is 31.4 Å². The molecule has 0 radical (unpaired) electrons. The van der Waals surface area contributed by atoms with Crippen LogP contribution in [0.25, 0.3) is 0 Å². The molecule has 0 unspecified atom stereocenters. The van der Waals surface area contributed by atoms with Crippen LogP contribution in [0.3, 0.4) is 0 Å². The molecular formula is C12H23N5. The number of rotatable bonds is 6. The summed E-state index contributed by atoms with van der Waals surface area (Å²) in [5.41, 5.74) is 4.27. The molecule has 0 spiro atoms. The molecular weight excluding hydrogens is 214 g/mol. The summed E-state index contributed by atoms with van der Waals surface area (Å²) in [5.74, 6) is 2.69. The molecule has 0 aromatic carbocycles. The minimum absolute atomic E-state index is 0.866. The van der Waals surface area contributed by atoms with Crippen LogP contribution in [-0.2, 0) is 6.42 Å². The Hall–Kier alpha value is -1.36. The van der Waals surface area contributed by atoms with Crippen molar-refractivity contribution < 1.29 is 0 Å². The van der Waals surface area contributed by atoms with Crippen LogP contribution in [0, 0.1) is 6.92 Å². The lowest BCUT2D eigenvalue weighted by Gasteiger charge is -2.17. The van der Waals surface area contributed by atoms with Gasteiger partial charge in [-0.15, -0.1) is 0 Å². The third-order valence-electron chi connectivity index (χ3n) is 2.34. The molecule has 17 heavy (non-hydrogen) atoms. The normalized spacial score (nSPS) is 10.7. The Kier molecular flexibility index (Phi) is 5.15. The van der Waals surface area contributed by atoms with Gasteiger partial charge < -0.3 is 10.7 Å². The van der Waals surface area contributed by atoms with Crippen molar-refractivity contribution in [1.82, 2.24) is 15.0 Å². The van der Waals surface area contributed by atoms with Gasteiger partial charge in [-0.3, -0.25) is 0 Å². The van der Waals surface area contributed by atoms with E-state index in [1.54, 1.807) is 0 Å². The van der Waals surface area contributed by atoms with Gasteiger partial charge in [0.1, 0.15) is 17.5 Å². The van der Waals surface area contributed by atoms with E-state index in [4.69, 9.17) is 0 Å². The Morgan fingerprint density at radius 3 is 2.29 bits per heavy atom. The number of hydrogen-bond acceptors (Lipinski definition) is 5. The highest BCUT2D eigenvalue weighted by atomic mass is 15.5. The average Bonchev–Trinajstić information content (AvgIpc) is 2.24. The molecule has 0 aliphatic heterocycles. The maximum Gasteiger partial charge on any atom is 0.149 e. The first-order chi connectivity index (χ1) is 8.08. The van der Waals surface area contributed by atoms with Crippen molar-refractivity contribution in [3.8, 4) is 0 Å². The second-order valence-electron chi connectivity index (χ2n) is 4.25. The second-order valence-corrected chi connectivity index (χ2v) is 4.25. The van der Waals surface area contributed by atoms with E-state index >= 15 is 0 Å². The zero-order valence-corrected chi connectivity index (χ0v) is 11.5.